The van der Waals surface area contributed by atoms with Crippen LogP contribution < -0.4 is 0 Å². The van der Waals surface area contributed by atoms with Crippen LogP contribution in [0.1, 0.15) is 28.9 Å². The maximum absolute atomic E-state index is 12.6. The number of carboxylic acid groups (broad SMARTS) is 1. The molecule has 6 nitrogen and oxygen atoms in total. The van der Waals surface area contributed by atoms with Crippen LogP contribution in [0.3, 0.4) is 0 Å². The van der Waals surface area contributed by atoms with Crippen molar-refractivity contribution in [3.8, 4) is 0 Å². The molecule has 0 radical (unpaired) electrons. The number of fused-ring (bicyclic) bond motifs is 1. The molecule has 2 saturated heterocycles. The number of carbonyl (C=O) groups is 1. The predicted octanol–water partition coefficient (Wildman–Crippen LogP) is 1.31. The maximum Gasteiger partial charge on any atom is 0.345 e. The van der Waals surface area contributed by atoms with Gasteiger partial charge in [-0.25, -0.2) is 13.2 Å². The van der Waals surface area contributed by atoms with Crippen LogP contribution >= 0.6 is 11.3 Å². The van der Waals surface area contributed by atoms with Crippen LogP contribution in [0, 0.1) is 0 Å². The fraction of sp³-hybridized carbons (Fsp3) is 0.615. The van der Waals surface area contributed by atoms with E-state index in [-0.39, 0.29) is 9.77 Å². The van der Waals surface area contributed by atoms with Gasteiger partial charge in [-0.2, -0.15) is 4.31 Å². The molecule has 0 saturated carbocycles. The van der Waals surface area contributed by atoms with E-state index in [2.05, 4.69) is 4.90 Å². The molecule has 1 aromatic rings. The van der Waals surface area contributed by atoms with Gasteiger partial charge in [-0.15, -0.1) is 11.3 Å². The monoisotopic (exact) mass is 330 g/mol. The third-order valence-corrected chi connectivity index (χ3v) is 7.13. The first kappa shape index (κ1) is 15.0. The Kier molecular flexibility index (Phi) is 4.04. The molecule has 1 unspecified atom stereocenters. The van der Waals surface area contributed by atoms with E-state index in [1.807, 2.05) is 0 Å². The Morgan fingerprint density at radius 1 is 1.29 bits per heavy atom. The van der Waals surface area contributed by atoms with Crippen molar-refractivity contribution in [3.05, 3.63) is 16.3 Å². The second-order valence-electron chi connectivity index (χ2n) is 5.50. The van der Waals surface area contributed by atoms with E-state index < -0.39 is 16.0 Å². The summed E-state index contributed by atoms with van der Waals surface area (Å²) in [6, 6.07) is 1.56. The van der Waals surface area contributed by atoms with Crippen LogP contribution in [0.2, 0.25) is 0 Å². The van der Waals surface area contributed by atoms with E-state index in [1.165, 1.54) is 22.2 Å². The summed E-state index contributed by atoms with van der Waals surface area (Å²) in [6.45, 7) is 2.82. The van der Waals surface area contributed by atoms with Gasteiger partial charge in [-0.3, -0.25) is 4.90 Å². The number of hydrogen-bond acceptors (Lipinski definition) is 5. The van der Waals surface area contributed by atoms with E-state index in [0.29, 0.717) is 19.1 Å². The van der Waals surface area contributed by atoms with Crippen molar-refractivity contribution in [1.29, 1.82) is 0 Å². The lowest BCUT2D eigenvalue weighted by Gasteiger charge is -2.43. The molecule has 21 heavy (non-hydrogen) atoms. The molecular formula is C13H18N2O4S2. The number of carboxylic acids is 1. The SMILES string of the molecule is O=C(O)c1cc(S(=O)(=O)N2CCN3CCCCC3C2)cs1. The second kappa shape index (κ2) is 5.68. The molecule has 0 spiro atoms. The molecular weight excluding hydrogens is 312 g/mol. The van der Waals surface area contributed by atoms with Crippen molar-refractivity contribution in [2.24, 2.45) is 0 Å². The number of hydrogen-bond donors (Lipinski definition) is 1. The summed E-state index contributed by atoms with van der Waals surface area (Å²) in [5.41, 5.74) is 0. The number of sulfonamides is 1. The summed E-state index contributed by atoms with van der Waals surface area (Å²) < 4.78 is 26.7. The van der Waals surface area contributed by atoms with Crippen molar-refractivity contribution in [1.82, 2.24) is 9.21 Å². The van der Waals surface area contributed by atoms with E-state index >= 15 is 0 Å². The van der Waals surface area contributed by atoms with Crippen molar-refractivity contribution in [2.75, 3.05) is 26.2 Å². The number of piperazine rings is 1. The Morgan fingerprint density at radius 2 is 2.10 bits per heavy atom. The van der Waals surface area contributed by atoms with Crippen LogP contribution in [0.15, 0.2) is 16.3 Å². The summed E-state index contributed by atoms with van der Waals surface area (Å²) >= 11 is 0.956. The molecule has 2 aliphatic rings. The van der Waals surface area contributed by atoms with Gasteiger partial charge in [0.2, 0.25) is 10.0 Å². The summed E-state index contributed by atoms with van der Waals surface area (Å²) in [5, 5.41) is 10.3. The quantitative estimate of drug-likeness (QED) is 0.904. The molecule has 0 aliphatic carbocycles. The second-order valence-corrected chi connectivity index (χ2v) is 8.35. The first-order valence-electron chi connectivity index (χ1n) is 7.04. The predicted molar refractivity (Wildman–Crippen MR) is 79.2 cm³/mol. The van der Waals surface area contributed by atoms with E-state index in [4.69, 9.17) is 5.11 Å². The van der Waals surface area contributed by atoms with Gasteiger partial charge >= 0.3 is 5.97 Å². The molecule has 3 heterocycles. The number of aromatic carboxylic acids is 1. The average molecular weight is 330 g/mol. The third kappa shape index (κ3) is 2.85. The topological polar surface area (TPSA) is 77.9 Å². The highest BCUT2D eigenvalue weighted by atomic mass is 32.2. The first-order chi connectivity index (χ1) is 9.98. The lowest BCUT2D eigenvalue weighted by Crippen LogP contribution is -2.56. The van der Waals surface area contributed by atoms with Gasteiger partial charge in [0.05, 0.1) is 4.90 Å². The zero-order valence-electron chi connectivity index (χ0n) is 11.6. The Labute approximate surface area is 128 Å². The minimum atomic E-state index is -3.57. The van der Waals surface area contributed by atoms with Crippen LogP contribution in [-0.2, 0) is 10.0 Å². The number of thiophene rings is 1. The Balaban J connectivity index is 1.79. The van der Waals surface area contributed by atoms with Gasteiger partial charge in [-0.1, -0.05) is 6.42 Å². The fourth-order valence-corrected chi connectivity index (χ4v) is 5.63. The third-order valence-electron chi connectivity index (χ3n) is 4.22. The molecule has 0 bridgehead atoms. The van der Waals surface area contributed by atoms with Gasteiger partial charge in [0, 0.05) is 31.1 Å². The van der Waals surface area contributed by atoms with E-state index in [1.54, 1.807) is 0 Å². The molecule has 8 heteroatoms. The maximum atomic E-state index is 12.6. The summed E-state index contributed by atoms with van der Waals surface area (Å²) in [4.78, 5) is 13.4. The number of nitrogens with zero attached hydrogens (tertiary/aromatic N) is 2. The van der Waals surface area contributed by atoms with Crippen molar-refractivity contribution in [2.45, 2.75) is 30.2 Å². The van der Waals surface area contributed by atoms with Crippen LogP contribution in [0.5, 0.6) is 0 Å². The molecule has 2 fully saturated rings. The lowest BCUT2D eigenvalue weighted by atomic mass is 10.0. The average Bonchev–Trinajstić information content (AvgIpc) is 2.97. The number of piperidine rings is 1. The summed E-state index contributed by atoms with van der Waals surface area (Å²) in [7, 11) is -3.57. The van der Waals surface area contributed by atoms with Crippen LogP contribution in [0.25, 0.3) is 0 Å². The van der Waals surface area contributed by atoms with Crippen molar-refractivity contribution >= 4 is 27.3 Å². The Hall–Kier alpha value is -0.960. The summed E-state index contributed by atoms with van der Waals surface area (Å²) in [6.07, 6.45) is 3.38. The molecule has 116 valence electrons. The fourth-order valence-electron chi connectivity index (χ4n) is 3.06. The highest BCUT2D eigenvalue weighted by Crippen LogP contribution is 2.27. The van der Waals surface area contributed by atoms with Crippen molar-refractivity contribution in [3.63, 3.8) is 0 Å². The van der Waals surface area contributed by atoms with Crippen LogP contribution in [-0.4, -0.2) is 60.9 Å². The lowest BCUT2D eigenvalue weighted by molar-refractivity contribution is 0.0702. The zero-order chi connectivity index (χ0) is 15.0. The van der Waals surface area contributed by atoms with Gasteiger partial charge < -0.3 is 5.11 Å². The van der Waals surface area contributed by atoms with Gasteiger partial charge in [0.25, 0.3) is 0 Å². The van der Waals surface area contributed by atoms with Crippen LogP contribution in [0.4, 0.5) is 0 Å². The molecule has 2 aliphatic heterocycles. The molecule has 0 aromatic carbocycles. The molecule has 1 atom stereocenters. The molecule has 3 rings (SSSR count). The minimum absolute atomic E-state index is 0.0601. The highest BCUT2D eigenvalue weighted by molar-refractivity contribution is 7.89. The van der Waals surface area contributed by atoms with Crippen molar-refractivity contribution < 1.29 is 18.3 Å². The van der Waals surface area contributed by atoms with Gasteiger partial charge in [0.15, 0.2) is 0 Å². The van der Waals surface area contributed by atoms with E-state index in [0.717, 1.165) is 37.3 Å². The molecule has 0 amide bonds. The van der Waals surface area contributed by atoms with Gasteiger partial charge in [0.1, 0.15) is 4.88 Å². The number of rotatable bonds is 3. The smallest absolute Gasteiger partial charge is 0.345 e. The Morgan fingerprint density at radius 3 is 2.81 bits per heavy atom. The normalized spacial score (nSPS) is 24.7. The molecule has 1 aromatic heterocycles. The first-order valence-corrected chi connectivity index (χ1v) is 9.36. The minimum Gasteiger partial charge on any atom is -0.477 e. The summed E-state index contributed by atoms with van der Waals surface area (Å²) in [5.74, 6) is -1.08. The standard InChI is InChI=1S/C13H18N2O4S2/c16-13(17)12-7-11(9-20-12)21(18,19)15-6-5-14-4-2-1-3-10(14)8-15/h7,9-10H,1-6,8H2,(H,16,17). The van der Waals surface area contributed by atoms with E-state index in [9.17, 15) is 13.2 Å². The molecule has 1 N–H and O–H groups in total. The Bertz CT molecular complexity index is 640. The largest absolute Gasteiger partial charge is 0.477 e. The zero-order valence-corrected chi connectivity index (χ0v) is 13.2. The highest BCUT2D eigenvalue weighted by Gasteiger charge is 2.35. The van der Waals surface area contributed by atoms with Gasteiger partial charge in [-0.05, 0) is 25.5 Å².